The number of benzene rings is 1. The van der Waals surface area contributed by atoms with Crippen LogP contribution < -0.4 is 0 Å². The quantitative estimate of drug-likeness (QED) is 0.761. The van der Waals surface area contributed by atoms with Gasteiger partial charge in [-0.3, -0.25) is 15.0 Å². The van der Waals surface area contributed by atoms with Gasteiger partial charge in [-0.25, -0.2) is 0 Å². The first-order valence-corrected chi connectivity index (χ1v) is 7.46. The zero-order valence-electron chi connectivity index (χ0n) is 12.3. The number of aryl methyl sites for hydroxylation is 1. The minimum absolute atomic E-state index is 0.00267. The fourth-order valence-electron chi connectivity index (χ4n) is 3.23. The van der Waals surface area contributed by atoms with Gasteiger partial charge in [-0.2, -0.15) is 10.2 Å². The third-order valence-corrected chi connectivity index (χ3v) is 4.42. The van der Waals surface area contributed by atoms with Gasteiger partial charge in [-0.15, -0.1) is 0 Å². The van der Waals surface area contributed by atoms with Crippen molar-refractivity contribution in [3.63, 3.8) is 0 Å². The van der Waals surface area contributed by atoms with Crippen LogP contribution in [0.25, 0.3) is 10.9 Å². The Morgan fingerprint density at radius 2 is 2.18 bits per heavy atom. The molecule has 2 aromatic heterocycles. The maximum Gasteiger partial charge on any atom is 0.275 e. The van der Waals surface area contributed by atoms with Gasteiger partial charge in [-0.1, -0.05) is 18.2 Å². The topological polar surface area (TPSA) is 77.7 Å². The van der Waals surface area contributed by atoms with Crippen LogP contribution in [0.4, 0.5) is 0 Å². The van der Waals surface area contributed by atoms with Gasteiger partial charge in [0.25, 0.3) is 5.91 Å². The highest BCUT2D eigenvalue weighted by molar-refractivity contribution is 6.04. The lowest BCUT2D eigenvalue weighted by atomic mass is 10.0. The van der Waals surface area contributed by atoms with Crippen molar-refractivity contribution in [1.82, 2.24) is 25.3 Å². The number of nitrogens with one attached hydrogen (secondary N) is 2. The number of para-hydroxylation sites is 1. The fourth-order valence-corrected chi connectivity index (χ4v) is 3.23. The molecule has 0 aliphatic carbocycles. The largest absolute Gasteiger partial charge is 0.337 e. The number of hydrogen-bond donors (Lipinski definition) is 2. The van der Waals surface area contributed by atoms with Crippen molar-refractivity contribution in [3.8, 4) is 0 Å². The van der Waals surface area contributed by atoms with Gasteiger partial charge in [0, 0.05) is 30.1 Å². The molecule has 0 bridgehead atoms. The van der Waals surface area contributed by atoms with Crippen molar-refractivity contribution in [2.75, 3.05) is 13.1 Å². The number of amides is 1. The van der Waals surface area contributed by atoms with Crippen LogP contribution in [0.15, 0.2) is 30.5 Å². The van der Waals surface area contributed by atoms with Gasteiger partial charge in [-0.05, 0) is 25.0 Å². The molecule has 1 aliphatic heterocycles. The van der Waals surface area contributed by atoms with Crippen LogP contribution in [0.2, 0.25) is 0 Å². The lowest BCUT2D eigenvalue weighted by Gasteiger charge is -2.15. The molecule has 6 nitrogen and oxygen atoms in total. The number of hydrogen-bond acceptors (Lipinski definition) is 3. The van der Waals surface area contributed by atoms with Crippen molar-refractivity contribution in [2.45, 2.75) is 19.3 Å². The third kappa shape index (κ3) is 1.99. The van der Waals surface area contributed by atoms with Gasteiger partial charge in [0.05, 0.1) is 11.7 Å². The van der Waals surface area contributed by atoms with Gasteiger partial charge in [0.1, 0.15) is 0 Å². The minimum Gasteiger partial charge on any atom is -0.337 e. The zero-order valence-corrected chi connectivity index (χ0v) is 12.3. The molecular formula is C16H17N5O. The van der Waals surface area contributed by atoms with Crippen LogP contribution in [0.5, 0.6) is 0 Å². The number of rotatable bonds is 2. The minimum atomic E-state index is -0.00267. The predicted molar refractivity (Wildman–Crippen MR) is 82.7 cm³/mol. The number of H-pyrrole nitrogens is 2. The molecule has 112 valence electrons. The molecule has 4 rings (SSSR count). The highest BCUT2D eigenvalue weighted by Gasteiger charge is 2.31. The molecule has 1 saturated heterocycles. The molecule has 1 amide bonds. The maximum atomic E-state index is 12.7. The van der Waals surface area contributed by atoms with Gasteiger partial charge >= 0.3 is 0 Å². The van der Waals surface area contributed by atoms with Crippen molar-refractivity contribution in [3.05, 3.63) is 47.4 Å². The maximum absolute atomic E-state index is 12.7. The lowest BCUT2D eigenvalue weighted by molar-refractivity contribution is 0.0786. The first kappa shape index (κ1) is 13.1. The van der Waals surface area contributed by atoms with Crippen LogP contribution in [0, 0.1) is 6.92 Å². The summed E-state index contributed by atoms with van der Waals surface area (Å²) in [4.78, 5) is 14.6. The monoisotopic (exact) mass is 295 g/mol. The van der Waals surface area contributed by atoms with Crippen LogP contribution in [0.3, 0.4) is 0 Å². The summed E-state index contributed by atoms with van der Waals surface area (Å²) in [5.41, 5.74) is 3.70. The first-order chi connectivity index (χ1) is 10.7. The van der Waals surface area contributed by atoms with Crippen LogP contribution in [-0.4, -0.2) is 44.3 Å². The summed E-state index contributed by atoms with van der Waals surface area (Å²) in [6.45, 7) is 3.51. The zero-order chi connectivity index (χ0) is 15.1. The van der Waals surface area contributed by atoms with E-state index in [9.17, 15) is 4.79 Å². The van der Waals surface area contributed by atoms with E-state index in [1.807, 2.05) is 42.3 Å². The van der Waals surface area contributed by atoms with Crippen LogP contribution in [0.1, 0.15) is 34.1 Å². The van der Waals surface area contributed by atoms with Crippen molar-refractivity contribution in [1.29, 1.82) is 0 Å². The molecule has 6 heteroatoms. The molecule has 3 aromatic rings. The van der Waals surface area contributed by atoms with E-state index < -0.39 is 0 Å². The second kappa shape index (κ2) is 4.98. The molecule has 1 aliphatic rings. The summed E-state index contributed by atoms with van der Waals surface area (Å²) in [7, 11) is 0. The highest BCUT2D eigenvalue weighted by atomic mass is 16.2. The lowest BCUT2D eigenvalue weighted by Crippen LogP contribution is -2.29. The van der Waals surface area contributed by atoms with Gasteiger partial charge in [0.15, 0.2) is 5.69 Å². The second-order valence-electron chi connectivity index (χ2n) is 5.82. The Morgan fingerprint density at radius 3 is 3.00 bits per heavy atom. The number of carbonyl (C=O) groups excluding carboxylic acids is 1. The Hall–Kier alpha value is -2.63. The average molecular weight is 295 g/mol. The SMILES string of the molecule is Cc1cn[nH]c1[C@H]1CCN(C(=O)c2n[nH]c3ccccc23)C1. The van der Waals surface area contributed by atoms with Crippen molar-refractivity contribution in [2.24, 2.45) is 0 Å². The Labute approximate surface area is 127 Å². The van der Waals surface area contributed by atoms with E-state index in [0.29, 0.717) is 18.2 Å². The van der Waals surface area contributed by atoms with E-state index in [2.05, 4.69) is 20.4 Å². The van der Waals surface area contributed by atoms with Crippen LogP contribution in [-0.2, 0) is 0 Å². The standard InChI is InChI=1S/C16H17N5O/c1-10-8-17-19-14(10)11-6-7-21(9-11)16(22)15-12-4-2-3-5-13(12)18-20-15/h2-5,8,11H,6-7,9H2,1H3,(H,17,19)(H,18,20)/t11-/m0/s1. The fraction of sp³-hybridized carbons (Fsp3) is 0.312. The van der Waals surface area contributed by atoms with E-state index in [1.165, 1.54) is 0 Å². The molecule has 22 heavy (non-hydrogen) atoms. The molecule has 0 spiro atoms. The number of likely N-dealkylation sites (tertiary alicyclic amines) is 1. The Balaban J connectivity index is 1.58. The third-order valence-electron chi connectivity index (χ3n) is 4.42. The highest BCUT2D eigenvalue weighted by Crippen LogP contribution is 2.29. The van der Waals surface area contributed by atoms with E-state index in [1.54, 1.807) is 0 Å². The number of aromatic amines is 2. The van der Waals surface area contributed by atoms with Crippen molar-refractivity contribution < 1.29 is 4.79 Å². The van der Waals surface area contributed by atoms with E-state index >= 15 is 0 Å². The normalized spacial score (nSPS) is 18.2. The molecule has 1 aromatic carbocycles. The molecule has 0 radical (unpaired) electrons. The Kier molecular flexibility index (Phi) is 2.96. The molecule has 1 fully saturated rings. The summed E-state index contributed by atoms with van der Waals surface area (Å²) in [5, 5.41) is 15.2. The Morgan fingerprint density at radius 1 is 1.32 bits per heavy atom. The predicted octanol–water partition coefficient (Wildman–Crippen LogP) is 2.22. The molecule has 3 heterocycles. The number of nitrogens with zero attached hydrogens (tertiary/aromatic N) is 3. The summed E-state index contributed by atoms with van der Waals surface area (Å²) in [5.74, 6) is 0.328. The average Bonchev–Trinajstić information content (AvgIpc) is 3.25. The van der Waals surface area contributed by atoms with E-state index in [0.717, 1.165) is 35.1 Å². The molecule has 1 atom stereocenters. The number of fused-ring (bicyclic) bond motifs is 1. The molecule has 2 N–H and O–H groups in total. The van der Waals surface area contributed by atoms with E-state index in [-0.39, 0.29) is 5.91 Å². The Bertz CT molecular complexity index is 834. The molecule has 0 unspecified atom stereocenters. The number of aromatic nitrogens is 4. The number of carbonyl (C=O) groups is 1. The molecular weight excluding hydrogens is 278 g/mol. The van der Waals surface area contributed by atoms with E-state index in [4.69, 9.17) is 0 Å². The second-order valence-corrected chi connectivity index (χ2v) is 5.82. The summed E-state index contributed by atoms with van der Waals surface area (Å²) in [6.07, 6.45) is 2.79. The summed E-state index contributed by atoms with van der Waals surface area (Å²) >= 11 is 0. The summed E-state index contributed by atoms with van der Waals surface area (Å²) < 4.78 is 0. The van der Waals surface area contributed by atoms with Gasteiger partial charge in [0.2, 0.25) is 0 Å². The van der Waals surface area contributed by atoms with Crippen LogP contribution >= 0.6 is 0 Å². The summed E-state index contributed by atoms with van der Waals surface area (Å²) in [6, 6.07) is 7.72. The first-order valence-electron chi connectivity index (χ1n) is 7.46. The van der Waals surface area contributed by atoms with Gasteiger partial charge < -0.3 is 4.90 Å². The van der Waals surface area contributed by atoms with Crippen molar-refractivity contribution >= 4 is 16.8 Å². The molecule has 0 saturated carbocycles. The smallest absolute Gasteiger partial charge is 0.275 e.